The maximum absolute atomic E-state index is 9.57. The number of thioether (sulfide) groups is 1. The van der Waals surface area contributed by atoms with Crippen molar-refractivity contribution in [2.24, 2.45) is 0 Å². The smallest absolute Gasteiger partial charge is 0.115 e. The fourth-order valence-corrected chi connectivity index (χ4v) is 3.39. The zero-order valence-electron chi connectivity index (χ0n) is 10.1. The van der Waals surface area contributed by atoms with Gasteiger partial charge in [-0.05, 0) is 35.8 Å². The lowest BCUT2D eigenvalue weighted by molar-refractivity contribution is 0.277. The summed E-state index contributed by atoms with van der Waals surface area (Å²) in [7, 11) is 0. The molecule has 0 bridgehead atoms. The molecule has 1 aliphatic rings. The molecule has 0 atom stereocenters. The van der Waals surface area contributed by atoms with Gasteiger partial charge in [-0.1, -0.05) is 32.4 Å². The summed E-state index contributed by atoms with van der Waals surface area (Å²) in [5, 5.41) is 10.3. The van der Waals surface area contributed by atoms with E-state index in [2.05, 4.69) is 19.9 Å². The summed E-state index contributed by atoms with van der Waals surface area (Å²) in [5.41, 5.74) is 1.67. The molecule has 0 unspecified atom stereocenters. The first-order valence-corrected chi connectivity index (χ1v) is 7.08. The average Bonchev–Trinajstić information content (AvgIpc) is 2.15. The van der Waals surface area contributed by atoms with Gasteiger partial charge in [-0.2, -0.15) is 11.8 Å². The molecule has 1 nitrogen and oxygen atoms in total. The Kier molecular flexibility index (Phi) is 3.48. The van der Waals surface area contributed by atoms with Gasteiger partial charge in [0.25, 0.3) is 0 Å². The molecule has 16 heavy (non-hydrogen) atoms. The van der Waals surface area contributed by atoms with Gasteiger partial charge >= 0.3 is 0 Å². The van der Waals surface area contributed by atoms with Crippen molar-refractivity contribution in [1.29, 1.82) is 0 Å². The monoisotopic (exact) mass is 236 g/mol. The highest BCUT2D eigenvalue weighted by Crippen LogP contribution is 2.47. The predicted molar refractivity (Wildman–Crippen MR) is 71.2 cm³/mol. The van der Waals surface area contributed by atoms with Crippen LogP contribution in [0.4, 0.5) is 0 Å². The first kappa shape index (κ1) is 11.8. The van der Waals surface area contributed by atoms with E-state index in [-0.39, 0.29) is 0 Å². The molecular weight excluding hydrogens is 216 g/mol. The highest BCUT2D eigenvalue weighted by Gasteiger charge is 2.38. The second kappa shape index (κ2) is 4.70. The Bertz CT molecular complexity index is 356. The predicted octanol–water partition coefficient (Wildman–Crippen LogP) is 3.96. The third-order valence-corrected chi connectivity index (χ3v) is 4.85. The van der Waals surface area contributed by atoms with Crippen molar-refractivity contribution in [2.45, 2.75) is 43.8 Å². The lowest BCUT2D eigenvalue weighted by Gasteiger charge is -2.42. The Labute approximate surface area is 102 Å². The second-order valence-electron chi connectivity index (χ2n) is 5.04. The van der Waals surface area contributed by atoms with Crippen molar-refractivity contribution in [3.63, 3.8) is 0 Å². The van der Waals surface area contributed by atoms with E-state index < -0.39 is 0 Å². The highest BCUT2D eigenvalue weighted by molar-refractivity contribution is 7.99. The molecule has 1 aromatic carbocycles. The van der Waals surface area contributed by atoms with Gasteiger partial charge in [0.2, 0.25) is 0 Å². The van der Waals surface area contributed by atoms with E-state index in [1.165, 1.54) is 30.6 Å². The van der Waals surface area contributed by atoms with E-state index in [0.29, 0.717) is 16.4 Å². The Hall–Kier alpha value is -0.630. The van der Waals surface area contributed by atoms with Crippen LogP contribution in [0.15, 0.2) is 24.3 Å². The van der Waals surface area contributed by atoms with Crippen LogP contribution in [0.25, 0.3) is 0 Å². The largest absolute Gasteiger partial charge is 0.508 e. The van der Waals surface area contributed by atoms with Crippen molar-refractivity contribution in [3.05, 3.63) is 29.8 Å². The molecule has 88 valence electrons. The summed E-state index contributed by atoms with van der Waals surface area (Å²) < 4.78 is 0. The van der Waals surface area contributed by atoms with Crippen LogP contribution in [0.3, 0.4) is 0 Å². The number of rotatable bonds is 4. The number of hydrogen-bond donors (Lipinski definition) is 1. The lowest BCUT2D eigenvalue weighted by Crippen LogP contribution is -2.37. The molecule has 0 radical (unpaired) electrons. The molecule has 1 saturated carbocycles. The zero-order valence-corrected chi connectivity index (χ0v) is 10.9. The van der Waals surface area contributed by atoms with Gasteiger partial charge < -0.3 is 5.11 Å². The molecule has 1 fully saturated rings. The third kappa shape index (κ3) is 2.37. The van der Waals surface area contributed by atoms with Crippen LogP contribution in [0.1, 0.15) is 38.7 Å². The normalized spacial score (nSPS) is 18.4. The van der Waals surface area contributed by atoms with E-state index in [0.717, 1.165) is 0 Å². The number of aromatic hydroxyl groups is 1. The number of hydrogen-bond acceptors (Lipinski definition) is 2. The summed E-state index contributed by atoms with van der Waals surface area (Å²) in [6.07, 6.45) is 3.88. The topological polar surface area (TPSA) is 20.2 Å². The van der Waals surface area contributed by atoms with E-state index in [1.54, 1.807) is 6.07 Å². The van der Waals surface area contributed by atoms with Crippen LogP contribution in [0, 0.1) is 0 Å². The summed E-state index contributed by atoms with van der Waals surface area (Å²) >= 11 is 2.03. The van der Waals surface area contributed by atoms with Gasteiger partial charge in [0, 0.05) is 11.2 Å². The lowest BCUT2D eigenvalue weighted by atomic mass is 9.66. The minimum absolute atomic E-state index is 0.341. The standard InChI is InChI=1S/C14H20OS/c1-11(2)16-10-14(7-4-8-14)12-5-3-6-13(15)9-12/h3,5-6,9,11,15H,4,7-8,10H2,1-2H3. The molecule has 2 rings (SSSR count). The van der Waals surface area contributed by atoms with Gasteiger partial charge in [-0.25, -0.2) is 0 Å². The van der Waals surface area contributed by atoms with Crippen molar-refractivity contribution >= 4 is 11.8 Å². The van der Waals surface area contributed by atoms with Crippen LogP contribution in [0.5, 0.6) is 5.75 Å². The molecule has 0 aromatic heterocycles. The quantitative estimate of drug-likeness (QED) is 0.854. The van der Waals surface area contributed by atoms with Crippen LogP contribution < -0.4 is 0 Å². The van der Waals surface area contributed by atoms with E-state index in [9.17, 15) is 5.11 Å². The summed E-state index contributed by atoms with van der Waals surface area (Å²) in [6.45, 7) is 4.50. The molecule has 0 aliphatic heterocycles. The van der Waals surface area contributed by atoms with Crippen molar-refractivity contribution in [1.82, 2.24) is 0 Å². The fraction of sp³-hybridized carbons (Fsp3) is 0.571. The Morgan fingerprint density at radius 2 is 2.12 bits per heavy atom. The zero-order chi connectivity index (χ0) is 11.6. The van der Waals surface area contributed by atoms with Crippen LogP contribution in [-0.2, 0) is 5.41 Å². The maximum atomic E-state index is 9.57. The minimum atomic E-state index is 0.341. The average molecular weight is 236 g/mol. The van der Waals surface area contributed by atoms with Gasteiger partial charge in [0.05, 0.1) is 0 Å². The third-order valence-electron chi connectivity index (χ3n) is 3.46. The molecule has 0 spiro atoms. The van der Waals surface area contributed by atoms with Crippen LogP contribution >= 0.6 is 11.8 Å². The van der Waals surface area contributed by atoms with Crippen molar-refractivity contribution in [2.75, 3.05) is 5.75 Å². The molecular formula is C14H20OS. The Balaban J connectivity index is 2.14. The molecule has 0 amide bonds. The molecule has 1 N–H and O–H groups in total. The van der Waals surface area contributed by atoms with Gasteiger partial charge in [-0.15, -0.1) is 0 Å². The Morgan fingerprint density at radius 1 is 1.38 bits per heavy atom. The van der Waals surface area contributed by atoms with E-state index in [1.807, 2.05) is 23.9 Å². The summed E-state index contributed by atoms with van der Waals surface area (Å²) in [5.74, 6) is 1.59. The van der Waals surface area contributed by atoms with Gasteiger partial charge in [-0.3, -0.25) is 0 Å². The first-order valence-electron chi connectivity index (χ1n) is 6.03. The number of phenols is 1. The van der Waals surface area contributed by atoms with Gasteiger partial charge in [0.15, 0.2) is 0 Å². The molecule has 0 saturated heterocycles. The van der Waals surface area contributed by atoms with Crippen LogP contribution in [0.2, 0.25) is 0 Å². The maximum Gasteiger partial charge on any atom is 0.115 e. The molecule has 1 aliphatic carbocycles. The molecule has 1 aromatic rings. The van der Waals surface area contributed by atoms with Crippen molar-refractivity contribution < 1.29 is 5.11 Å². The summed E-state index contributed by atoms with van der Waals surface area (Å²) in [4.78, 5) is 0. The minimum Gasteiger partial charge on any atom is -0.508 e. The second-order valence-corrected chi connectivity index (χ2v) is 6.61. The molecule has 0 heterocycles. The SMILES string of the molecule is CC(C)SCC1(c2cccc(O)c2)CCC1. The van der Waals surface area contributed by atoms with Crippen LogP contribution in [-0.4, -0.2) is 16.1 Å². The Morgan fingerprint density at radius 3 is 2.62 bits per heavy atom. The highest BCUT2D eigenvalue weighted by atomic mass is 32.2. The summed E-state index contributed by atoms with van der Waals surface area (Å²) in [6, 6.07) is 7.83. The number of benzene rings is 1. The van der Waals surface area contributed by atoms with Crippen molar-refractivity contribution in [3.8, 4) is 5.75 Å². The van der Waals surface area contributed by atoms with E-state index in [4.69, 9.17) is 0 Å². The number of phenolic OH excluding ortho intramolecular Hbond substituents is 1. The fourth-order valence-electron chi connectivity index (χ4n) is 2.28. The first-order chi connectivity index (χ1) is 7.62. The van der Waals surface area contributed by atoms with E-state index >= 15 is 0 Å². The van der Waals surface area contributed by atoms with Gasteiger partial charge in [0.1, 0.15) is 5.75 Å². The molecule has 2 heteroatoms.